The Morgan fingerprint density at radius 3 is 2.02 bits per heavy atom. The number of fused-ring (bicyclic) bond motifs is 2. The number of imidazole rings is 1. The van der Waals surface area contributed by atoms with Crippen molar-refractivity contribution >= 4 is 38.6 Å². The molecule has 17 heteroatoms. The van der Waals surface area contributed by atoms with Gasteiger partial charge in [-0.3, -0.25) is 4.55 Å². The quantitative estimate of drug-likeness (QED) is 0.203. The summed E-state index contributed by atoms with van der Waals surface area (Å²) in [6.07, 6.45) is -10.9. The zero-order valence-corrected chi connectivity index (χ0v) is 22.5. The Bertz CT molecular complexity index is 1690. The number of anilines is 2. The molecule has 0 atom stereocenters. The van der Waals surface area contributed by atoms with Crippen LogP contribution in [0.2, 0.25) is 0 Å². The molecule has 1 aliphatic heterocycles. The van der Waals surface area contributed by atoms with Crippen molar-refractivity contribution in [1.29, 1.82) is 0 Å². The molecular weight excluding hydrogens is 607 g/mol. The molecule has 0 spiro atoms. The molecular formula is C25H22F9N4O3S+. The number of alkyl halides is 9. The standard InChI is InChI=1S/C25H21F9N4O3S/c1-3-36-18-10-8-16(25(32,33)34)12-20(18)37(13-23(26,27)28)22(36)6-4-5-21-35(2)17-9-7-15(24(29,30)31)11-19(17)38(21)14-42(39,40)41/h4-12H,3,13-14H2,1-2H3/p+1. The molecule has 3 aromatic rings. The van der Waals surface area contributed by atoms with E-state index in [1.807, 2.05) is 0 Å². The lowest BCUT2D eigenvalue weighted by Crippen LogP contribution is -2.35. The molecule has 0 bridgehead atoms. The van der Waals surface area contributed by atoms with Gasteiger partial charge in [-0.25, -0.2) is 9.13 Å². The van der Waals surface area contributed by atoms with E-state index in [0.717, 1.165) is 34.9 Å². The predicted molar refractivity (Wildman–Crippen MR) is 135 cm³/mol. The maximum Gasteiger partial charge on any atom is 0.416 e. The Morgan fingerprint density at radius 2 is 1.48 bits per heavy atom. The van der Waals surface area contributed by atoms with E-state index >= 15 is 0 Å². The van der Waals surface area contributed by atoms with Gasteiger partial charge in [-0.2, -0.15) is 47.9 Å². The summed E-state index contributed by atoms with van der Waals surface area (Å²) in [5, 5.41) is 0. The summed E-state index contributed by atoms with van der Waals surface area (Å²) >= 11 is 0. The minimum atomic E-state index is -4.82. The van der Waals surface area contributed by atoms with Crippen LogP contribution in [0.5, 0.6) is 0 Å². The topological polar surface area (TPSA) is 69.7 Å². The SMILES string of the molecule is CCN1/C(=C\C=C\c2n(CS(=O)(=O)O)c3cc(C(F)(F)F)ccc3[n+]2C)N(CC(F)(F)F)c2cc(C(F)(F)F)ccc21. The predicted octanol–water partition coefficient (Wildman–Crippen LogP) is 6.11. The molecule has 0 aliphatic carbocycles. The van der Waals surface area contributed by atoms with Crippen LogP contribution in [-0.2, 0) is 35.4 Å². The first kappa shape index (κ1) is 31.2. The number of allylic oxidation sites excluding steroid dienone is 2. The van der Waals surface area contributed by atoms with Crippen molar-refractivity contribution in [3.05, 3.63) is 71.3 Å². The third kappa shape index (κ3) is 6.35. The minimum absolute atomic E-state index is 0.0564. The fourth-order valence-electron chi connectivity index (χ4n) is 4.74. The van der Waals surface area contributed by atoms with Crippen LogP contribution in [0.3, 0.4) is 0 Å². The van der Waals surface area contributed by atoms with Gasteiger partial charge in [0.05, 0.1) is 29.5 Å². The Kier molecular flexibility index (Phi) is 7.82. The Morgan fingerprint density at radius 1 is 0.881 bits per heavy atom. The van der Waals surface area contributed by atoms with E-state index in [1.165, 1.54) is 28.7 Å². The number of halogens is 9. The number of nitrogens with zero attached hydrogens (tertiary/aromatic N) is 4. The molecule has 0 saturated carbocycles. The highest BCUT2D eigenvalue weighted by Crippen LogP contribution is 2.45. The van der Waals surface area contributed by atoms with Crippen LogP contribution in [0.15, 0.2) is 54.4 Å². The molecule has 0 unspecified atom stereocenters. The van der Waals surface area contributed by atoms with Crippen molar-refractivity contribution in [1.82, 2.24) is 4.57 Å². The molecule has 228 valence electrons. The zero-order chi connectivity index (χ0) is 31.4. The first-order chi connectivity index (χ1) is 19.2. The van der Waals surface area contributed by atoms with E-state index in [4.69, 9.17) is 0 Å². The monoisotopic (exact) mass is 629 g/mol. The Hall–Kier alpha value is -3.73. The summed E-state index contributed by atoms with van der Waals surface area (Å²) in [6, 6.07) is 4.95. The number of aromatic nitrogens is 2. The molecule has 1 N–H and O–H groups in total. The number of rotatable bonds is 6. The third-order valence-corrected chi connectivity index (χ3v) is 7.03. The van der Waals surface area contributed by atoms with E-state index in [2.05, 4.69) is 0 Å². The van der Waals surface area contributed by atoms with Crippen LogP contribution in [0.25, 0.3) is 17.1 Å². The summed E-state index contributed by atoms with van der Waals surface area (Å²) in [6.45, 7) is -0.00375. The number of aryl methyl sites for hydroxylation is 1. The van der Waals surface area contributed by atoms with E-state index in [1.54, 1.807) is 6.92 Å². The van der Waals surface area contributed by atoms with Crippen molar-refractivity contribution in [3.63, 3.8) is 0 Å². The van der Waals surface area contributed by atoms with Crippen LogP contribution in [-0.4, -0.2) is 36.8 Å². The average molecular weight is 630 g/mol. The molecule has 2 aromatic carbocycles. The van der Waals surface area contributed by atoms with E-state index in [9.17, 15) is 52.5 Å². The molecule has 0 fully saturated rings. The molecule has 2 heterocycles. The van der Waals surface area contributed by atoms with Gasteiger partial charge in [0.2, 0.25) is 5.88 Å². The smallest absolute Gasteiger partial charge is 0.326 e. The van der Waals surface area contributed by atoms with Gasteiger partial charge in [0.25, 0.3) is 5.82 Å². The third-order valence-electron chi connectivity index (χ3n) is 6.45. The molecule has 4 rings (SSSR count). The lowest BCUT2D eigenvalue weighted by Gasteiger charge is -2.25. The maximum atomic E-state index is 13.5. The van der Waals surface area contributed by atoms with E-state index in [0.29, 0.717) is 17.0 Å². The van der Waals surface area contributed by atoms with Crippen molar-refractivity contribution < 1.29 is 57.1 Å². The van der Waals surface area contributed by atoms with Gasteiger partial charge in [-0.1, -0.05) is 6.08 Å². The summed E-state index contributed by atoms with van der Waals surface area (Å²) in [7, 11) is -3.39. The van der Waals surface area contributed by atoms with Gasteiger partial charge < -0.3 is 9.80 Å². The van der Waals surface area contributed by atoms with E-state index in [-0.39, 0.29) is 40.6 Å². The van der Waals surface area contributed by atoms with E-state index < -0.39 is 52.2 Å². The van der Waals surface area contributed by atoms with Gasteiger partial charge in [0, 0.05) is 18.7 Å². The summed E-state index contributed by atoms with van der Waals surface area (Å²) in [5.41, 5.74) is -2.57. The summed E-state index contributed by atoms with van der Waals surface area (Å²) in [4.78, 5) is 2.00. The number of hydrogen-bond donors (Lipinski definition) is 1. The Labute approximate surface area is 233 Å². The summed E-state index contributed by atoms with van der Waals surface area (Å²) < 4.78 is 156. The van der Waals surface area contributed by atoms with Gasteiger partial charge in [-0.05, 0) is 43.3 Å². The molecule has 1 aromatic heterocycles. The second kappa shape index (κ2) is 10.5. The van der Waals surface area contributed by atoms with Crippen molar-refractivity contribution in [2.45, 2.75) is 31.3 Å². The normalized spacial score (nSPS) is 16.0. The highest BCUT2D eigenvalue weighted by Gasteiger charge is 2.41. The lowest BCUT2D eigenvalue weighted by atomic mass is 10.1. The van der Waals surface area contributed by atoms with Crippen LogP contribution >= 0.6 is 0 Å². The average Bonchev–Trinajstić information content (AvgIpc) is 3.26. The van der Waals surface area contributed by atoms with Crippen molar-refractivity contribution in [3.8, 4) is 0 Å². The van der Waals surface area contributed by atoms with Gasteiger partial charge in [0.1, 0.15) is 12.4 Å². The Balaban J connectivity index is 1.86. The van der Waals surface area contributed by atoms with Crippen LogP contribution in [0.1, 0.15) is 23.9 Å². The summed E-state index contributed by atoms with van der Waals surface area (Å²) in [5.74, 6) is -1.35. The van der Waals surface area contributed by atoms with Crippen LogP contribution < -0.4 is 14.4 Å². The van der Waals surface area contributed by atoms with Gasteiger partial charge in [0.15, 0.2) is 11.0 Å². The molecule has 0 saturated heterocycles. The fourth-order valence-corrected chi connectivity index (χ4v) is 5.34. The zero-order valence-electron chi connectivity index (χ0n) is 21.7. The number of hydrogen-bond acceptors (Lipinski definition) is 4. The first-order valence-electron chi connectivity index (χ1n) is 12.0. The molecule has 0 amide bonds. The van der Waals surface area contributed by atoms with Gasteiger partial charge >= 0.3 is 28.6 Å². The largest absolute Gasteiger partial charge is 0.416 e. The molecule has 7 nitrogen and oxygen atoms in total. The lowest BCUT2D eigenvalue weighted by molar-refractivity contribution is -0.647. The highest BCUT2D eigenvalue weighted by atomic mass is 32.2. The minimum Gasteiger partial charge on any atom is -0.326 e. The second-order valence-electron chi connectivity index (χ2n) is 9.29. The fraction of sp³-hybridized carbons (Fsp3) is 0.320. The maximum absolute atomic E-state index is 13.5. The molecule has 0 radical (unpaired) electrons. The first-order valence-corrected chi connectivity index (χ1v) is 13.6. The number of benzene rings is 2. The van der Waals surface area contributed by atoms with Crippen LogP contribution in [0.4, 0.5) is 50.9 Å². The van der Waals surface area contributed by atoms with Crippen molar-refractivity contribution in [2.75, 3.05) is 22.9 Å². The highest BCUT2D eigenvalue weighted by molar-refractivity contribution is 7.84. The molecule has 42 heavy (non-hydrogen) atoms. The second-order valence-corrected chi connectivity index (χ2v) is 10.7. The van der Waals surface area contributed by atoms with Crippen LogP contribution in [0, 0.1) is 0 Å². The van der Waals surface area contributed by atoms with Gasteiger partial charge in [-0.15, -0.1) is 0 Å². The van der Waals surface area contributed by atoms with Crippen molar-refractivity contribution in [2.24, 2.45) is 7.05 Å². The molecule has 1 aliphatic rings.